The Morgan fingerprint density at radius 2 is 1.15 bits per heavy atom. The first kappa shape index (κ1) is 48.8. The van der Waals surface area contributed by atoms with Gasteiger partial charge in [0.15, 0.2) is 0 Å². The third-order valence-corrected chi connectivity index (χ3v) is 9.09. The van der Waals surface area contributed by atoms with Gasteiger partial charge in [-0.25, -0.2) is 14.3 Å². The number of aromatic nitrogens is 2. The lowest BCUT2D eigenvalue weighted by atomic mass is 10.1. The number of benzene rings is 5. The molecule has 0 aliphatic carbocycles. The Labute approximate surface area is 365 Å². The molecule has 60 heavy (non-hydrogen) atoms. The molecular formula is C42H37Cl4N5O7P2. The molecule has 2 heterocycles. The zero-order valence-electron chi connectivity index (χ0n) is 32.1. The molecule has 0 amide bonds. The molecule has 0 saturated heterocycles. The number of para-hydroxylation sites is 2. The minimum absolute atomic E-state index is 0.0174. The highest BCUT2D eigenvalue weighted by molar-refractivity contribution is 8.24. The Bertz CT molecular complexity index is 2620. The van der Waals surface area contributed by atoms with Gasteiger partial charge in [-0.2, -0.15) is 0 Å². The average molecular weight is 928 g/mol. The molecule has 0 atom stereocenters. The number of halogens is 4. The molecule has 18 heteroatoms. The number of allylic oxidation sites excluding steroid dienone is 1. The highest BCUT2D eigenvalue weighted by Crippen LogP contribution is 2.61. The Morgan fingerprint density at radius 1 is 0.733 bits per heavy atom. The van der Waals surface area contributed by atoms with E-state index in [9.17, 15) is 18.7 Å². The third kappa shape index (κ3) is 17.8. The number of hydrogen-bond acceptors (Lipinski definition) is 7. The number of hydrogen-bond donors (Lipinski definition) is 2. The maximum absolute atomic E-state index is 12.3. The predicted molar refractivity (Wildman–Crippen MR) is 245 cm³/mol. The molecule has 0 fully saturated rings. The van der Waals surface area contributed by atoms with Gasteiger partial charge in [0.05, 0.1) is 0 Å². The van der Waals surface area contributed by atoms with Crippen molar-refractivity contribution in [2.45, 2.75) is 20.8 Å². The van der Waals surface area contributed by atoms with E-state index >= 15 is 0 Å². The van der Waals surface area contributed by atoms with Crippen molar-refractivity contribution in [1.82, 2.24) is 9.97 Å². The summed E-state index contributed by atoms with van der Waals surface area (Å²) in [5.41, 5.74) is 12.4. The average Bonchev–Trinajstić information content (AvgIpc) is 3.22. The molecule has 0 aliphatic heterocycles. The number of rotatable bonds is 7. The van der Waals surface area contributed by atoms with Gasteiger partial charge in [-0.3, -0.25) is 9.36 Å². The summed E-state index contributed by atoms with van der Waals surface area (Å²) in [5.74, 6) is -0.306. The molecular weight excluding hydrogens is 890 g/mol. The van der Waals surface area contributed by atoms with Gasteiger partial charge in [0, 0.05) is 39.0 Å². The number of nitrogens with zero attached hydrogens (tertiary/aromatic N) is 4. The van der Waals surface area contributed by atoms with Crippen molar-refractivity contribution in [1.29, 1.82) is 0 Å². The summed E-state index contributed by atoms with van der Waals surface area (Å²) >= 11 is 19.8. The van der Waals surface area contributed by atoms with Gasteiger partial charge in [-0.05, 0) is 123 Å². The second-order valence-electron chi connectivity index (χ2n) is 12.0. The van der Waals surface area contributed by atoms with Crippen LogP contribution in [0.5, 0.6) is 11.5 Å². The van der Waals surface area contributed by atoms with Crippen LogP contribution in [0.2, 0.25) is 5.15 Å². The van der Waals surface area contributed by atoms with E-state index in [2.05, 4.69) is 59.6 Å². The lowest BCUT2D eigenvalue weighted by molar-refractivity contribution is -0.131. The van der Waals surface area contributed by atoms with E-state index in [1.807, 2.05) is 86.6 Å². The topological polar surface area (TPSA) is 184 Å². The molecule has 2 N–H and O–H groups in total. The zero-order valence-corrected chi connectivity index (χ0v) is 36.9. The smallest absolute Gasteiger partial charge is 0.478 e. The van der Waals surface area contributed by atoms with Gasteiger partial charge < -0.3 is 19.1 Å². The van der Waals surface area contributed by atoms with Gasteiger partial charge in [0.2, 0.25) is 0 Å². The number of aliphatic carboxylic acids is 1. The number of carboxylic acids is 1. The van der Waals surface area contributed by atoms with Gasteiger partial charge >= 0.3 is 18.9 Å². The predicted octanol–water partition coefficient (Wildman–Crippen LogP) is 14.6. The van der Waals surface area contributed by atoms with Crippen LogP contribution in [-0.2, 0) is 13.9 Å². The largest absolute Gasteiger partial charge is 0.525 e. The van der Waals surface area contributed by atoms with E-state index in [1.54, 1.807) is 80.0 Å². The monoisotopic (exact) mass is 925 g/mol. The van der Waals surface area contributed by atoms with Crippen molar-refractivity contribution in [3.8, 4) is 11.5 Å². The lowest BCUT2D eigenvalue weighted by Gasteiger charge is -2.14. The van der Waals surface area contributed by atoms with Crippen molar-refractivity contribution in [2.75, 3.05) is 0 Å². The van der Waals surface area contributed by atoms with Crippen molar-refractivity contribution in [3.05, 3.63) is 201 Å². The molecule has 12 nitrogen and oxygen atoms in total. The molecule has 0 bridgehead atoms. The maximum atomic E-state index is 12.3. The maximum Gasteiger partial charge on any atom is 0.525 e. The number of azide groups is 1. The molecule has 7 aromatic rings. The van der Waals surface area contributed by atoms with Crippen LogP contribution in [0.3, 0.4) is 0 Å². The summed E-state index contributed by atoms with van der Waals surface area (Å²) in [6, 6.07) is 41.8. The van der Waals surface area contributed by atoms with Gasteiger partial charge in [0.25, 0.3) is 5.56 Å². The fourth-order valence-corrected chi connectivity index (χ4v) is 6.15. The Hall–Kier alpha value is -5.54. The summed E-state index contributed by atoms with van der Waals surface area (Å²) in [6.45, 7) is 5.80. The van der Waals surface area contributed by atoms with Gasteiger partial charge in [-0.1, -0.05) is 121 Å². The van der Waals surface area contributed by atoms with Crippen molar-refractivity contribution in [3.63, 3.8) is 0 Å². The number of carboxylic acid groups (broad SMARTS) is 1. The van der Waals surface area contributed by atoms with Crippen molar-refractivity contribution in [2.24, 2.45) is 4.88 Å². The Balaban J connectivity index is 0.000000210. The summed E-state index contributed by atoms with van der Waals surface area (Å²) < 4.78 is 32.1. The zero-order chi connectivity index (χ0) is 44.1. The van der Waals surface area contributed by atoms with Crippen molar-refractivity contribution >= 4 is 91.4 Å². The quantitative estimate of drug-likeness (QED) is 0.0395. The number of aryl methyl sites for hydroxylation is 2. The summed E-state index contributed by atoms with van der Waals surface area (Å²) in [5, 5.41) is 9.82. The molecule has 2 aromatic heterocycles. The molecule has 7 rings (SSSR count). The minimum atomic E-state index is -3.95. The third-order valence-electron chi connectivity index (χ3n) is 7.61. The van der Waals surface area contributed by atoms with E-state index in [1.165, 1.54) is 11.5 Å². The fourth-order valence-electron chi connectivity index (χ4n) is 4.96. The lowest BCUT2D eigenvalue weighted by Crippen LogP contribution is -2.05. The van der Waals surface area contributed by atoms with Crippen molar-refractivity contribution < 1.29 is 28.1 Å². The molecule has 310 valence electrons. The van der Waals surface area contributed by atoms with Gasteiger partial charge in [-0.15, -0.1) is 0 Å². The Kier molecular flexibility index (Phi) is 20.0. The van der Waals surface area contributed by atoms with Crippen LogP contribution in [0.4, 0.5) is 0 Å². The summed E-state index contributed by atoms with van der Waals surface area (Å²) in [7, 11) is -3.95. The van der Waals surface area contributed by atoms with E-state index < -0.39 is 18.9 Å². The number of pyridine rings is 2. The van der Waals surface area contributed by atoms with Gasteiger partial charge in [0.1, 0.15) is 16.7 Å². The highest BCUT2D eigenvalue weighted by atomic mass is 36.0. The van der Waals surface area contributed by atoms with E-state index in [0.717, 1.165) is 38.4 Å². The van der Waals surface area contributed by atoms with E-state index in [-0.39, 0.29) is 5.56 Å². The molecule has 0 radical (unpaired) electrons. The normalized spacial score (nSPS) is 10.7. The first-order chi connectivity index (χ1) is 28.5. The number of carbonyl (C=O) groups is 1. The van der Waals surface area contributed by atoms with Crippen LogP contribution in [0.1, 0.15) is 23.6 Å². The molecule has 0 unspecified atom stereocenters. The Morgan fingerprint density at radius 3 is 1.58 bits per heavy atom. The summed E-state index contributed by atoms with van der Waals surface area (Å²) in [4.78, 5) is 34.0. The number of aromatic amines is 1. The fraction of sp³-hybridized carbons (Fsp3) is 0.0714. The second-order valence-corrected chi connectivity index (χ2v) is 20.5. The van der Waals surface area contributed by atoms with Crippen LogP contribution in [0.15, 0.2) is 168 Å². The summed E-state index contributed by atoms with van der Waals surface area (Å²) in [6.07, 6.45) is 4.74. The first-order valence-corrected chi connectivity index (χ1v) is 23.7. The minimum Gasteiger partial charge on any atom is -0.478 e. The standard InChI is InChI=1S/C12H10N3O3P.C10H8ClN.C10H9NO.C10H10O2.Cl3OP/c13-14-15-19(16,17-11-7-3-1-4-8-11)18-12-9-5-2-6-10-12;1-7-6-12-10(11)9-5-3-2-4-8(7)9;1-7-6-11-10(12)9-5-3-2-4-8(7)9;1-8(7-10(11)12)9-5-3-2-4-6-9;1-5(2,3)4/h1-10H;2-6H,1H3;2-6H,1H3,(H,11,12);2-7H,1H3,(H,11,12);/b;;;8-7+;. The SMILES string of the molecule is C/C(=C\C(=O)O)c1ccccc1.Cc1c[nH]c(=O)c2ccccc12.Cc1cnc(Cl)c2ccccc12.O=P(Cl)(Cl)Cl.[N-]=[N+]=NP(=O)(Oc1ccccc1)Oc1ccccc1. The molecule has 0 spiro atoms. The van der Waals surface area contributed by atoms with Crippen LogP contribution >= 0.6 is 58.3 Å². The molecule has 0 saturated carbocycles. The van der Waals surface area contributed by atoms with E-state index in [4.69, 9.17) is 31.3 Å². The molecule has 5 aromatic carbocycles. The second kappa shape index (κ2) is 24.5. The molecule has 0 aliphatic rings. The van der Waals surface area contributed by atoms with Crippen LogP contribution in [0, 0.1) is 13.8 Å². The first-order valence-electron chi connectivity index (χ1n) is 17.4. The van der Waals surface area contributed by atoms with Crippen LogP contribution in [0.25, 0.3) is 37.6 Å². The number of fused-ring (bicyclic) bond motifs is 2. The highest BCUT2D eigenvalue weighted by Gasteiger charge is 2.26. The van der Waals surface area contributed by atoms with Crippen LogP contribution in [-0.4, -0.2) is 21.0 Å². The van der Waals surface area contributed by atoms with E-state index in [0.29, 0.717) is 16.7 Å². The number of H-pyrrole nitrogens is 1. The van der Waals surface area contributed by atoms with Crippen LogP contribution < -0.4 is 14.6 Å². The number of nitrogens with one attached hydrogen (secondary N) is 1.